The molecule has 1 aliphatic rings. The molecule has 1 aliphatic carbocycles. The molecule has 2 aromatic rings. The van der Waals surface area contributed by atoms with E-state index in [9.17, 15) is 4.79 Å². The molecule has 3 rings (SSSR count). The van der Waals surface area contributed by atoms with Crippen molar-refractivity contribution in [2.24, 2.45) is 0 Å². The maximum Gasteiger partial charge on any atom is 0.263 e. The fourth-order valence-corrected chi connectivity index (χ4v) is 2.66. The third-order valence-electron chi connectivity index (χ3n) is 3.86. The van der Waals surface area contributed by atoms with Gasteiger partial charge in [-0.3, -0.25) is 4.79 Å². The monoisotopic (exact) mass is 295 g/mol. The van der Waals surface area contributed by atoms with Gasteiger partial charge >= 0.3 is 0 Å². The second-order valence-corrected chi connectivity index (χ2v) is 5.40. The van der Waals surface area contributed by atoms with Crippen LogP contribution in [0.3, 0.4) is 0 Å². The first-order valence-electron chi connectivity index (χ1n) is 7.37. The van der Waals surface area contributed by atoms with Crippen LogP contribution in [-0.4, -0.2) is 21.9 Å². The zero-order chi connectivity index (χ0) is 15.4. The van der Waals surface area contributed by atoms with Crippen LogP contribution in [0.4, 0.5) is 5.69 Å². The van der Waals surface area contributed by atoms with Gasteiger partial charge in [0.15, 0.2) is 0 Å². The standard InChI is InChI=1S/C16H17N5O/c17-8-11(16(22)21-12-3-1-2-4-12)9-18-13-5-6-14-15(7-13)20-10-19-14/h5-7,9-10,12,18H,1-4H2,(H,19,20)(H,21,22)/b11-9-. The summed E-state index contributed by atoms with van der Waals surface area (Å²) in [6, 6.07) is 7.74. The molecule has 0 spiro atoms. The van der Waals surface area contributed by atoms with Gasteiger partial charge < -0.3 is 15.6 Å². The van der Waals surface area contributed by atoms with Crippen LogP contribution in [0.2, 0.25) is 0 Å². The zero-order valence-electron chi connectivity index (χ0n) is 12.1. The minimum Gasteiger partial charge on any atom is -0.360 e. The van der Waals surface area contributed by atoms with Gasteiger partial charge in [0.1, 0.15) is 11.6 Å². The second-order valence-electron chi connectivity index (χ2n) is 5.40. The van der Waals surface area contributed by atoms with E-state index in [0.29, 0.717) is 0 Å². The zero-order valence-corrected chi connectivity index (χ0v) is 12.1. The summed E-state index contributed by atoms with van der Waals surface area (Å²) in [7, 11) is 0. The number of aromatic nitrogens is 2. The van der Waals surface area contributed by atoms with Crippen molar-refractivity contribution in [1.29, 1.82) is 5.26 Å². The van der Waals surface area contributed by atoms with Crippen LogP contribution in [0, 0.1) is 11.3 Å². The van der Waals surface area contributed by atoms with Gasteiger partial charge in [0.25, 0.3) is 5.91 Å². The molecule has 3 N–H and O–H groups in total. The molecule has 1 fully saturated rings. The van der Waals surface area contributed by atoms with Gasteiger partial charge in [0, 0.05) is 17.9 Å². The first-order chi connectivity index (χ1) is 10.8. The molecule has 6 nitrogen and oxygen atoms in total. The van der Waals surface area contributed by atoms with Crippen LogP contribution in [0.25, 0.3) is 11.0 Å². The van der Waals surface area contributed by atoms with E-state index in [2.05, 4.69) is 20.6 Å². The quantitative estimate of drug-likeness (QED) is 0.596. The molecule has 0 unspecified atom stereocenters. The highest BCUT2D eigenvalue weighted by Crippen LogP contribution is 2.18. The highest BCUT2D eigenvalue weighted by Gasteiger charge is 2.19. The number of nitrogens with zero attached hydrogens (tertiary/aromatic N) is 2. The molecule has 0 saturated heterocycles. The Morgan fingerprint density at radius 3 is 3.00 bits per heavy atom. The Hall–Kier alpha value is -2.81. The Morgan fingerprint density at radius 2 is 2.23 bits per heavy atom. The number of carbonyl (C=O) groups excluding carboxylic acids is 1. The average molecular weight is 295 g/mol. The maximum absolute atomic E-state index is 12.1. The first kappa shape index (κ1) is 14.1. The van der Waals surface area contributed by atoms with E-state index in [4.69, 9.17) is 5.26 Å². The summed E-state index contributed by atoms with van der Waals surface area (Å²) >= 11 is 0. The number of nitrogens with one attached hydrogen (secondary N) is 3. The lowest BCUT2D eigenvalue weighted by Crippen LogP contribution is -2.33. The number of fused-ring (bicyclic) bond motifs is 1. The lowest BCUT2D eigenvalue weighted by atomic mass is 10.2. The Balaban J connectivity index is 1.68. The summed E-state index contributed by atoms with van der Waals surface area (Å²) in [4.78, 5) is 19.2. The van der Waals surface area contributed by atoms with Crippen molar-refractivity contribution in [3.8, 4) is 6.07 Å². The van der Waals surface area contributed by atoms with E-state index >= 15 is 0 Å². The number of anilines is 1. The maximum atomic E-state index is 12.1. The summed E-state index contributed by atoms with van der Waals surface area (Å²) in [6.45, 7) is 0. The molecule has 0 bridgehead atoms. The van der Waals surface area contributed by atoms with Crippen molar-refractivity contribution in [2.75, 3.05) is 5.32 Å². The molecule has 1 aromatic carbocycles. The number of H-pyrrole nitrogens is 1. The van der Waals surface area contributed by atoms with Gasteiger partial charge in [0.05, 0.1) is 17.4 Å². The normalized spacial score (nSPS) is 15.7. The third-order valence-corrected chi connectivity index (χ3v) is 3.86. The summed E-state index contributed by atoms with van der Waals surface area (Å²) < 4.78 is 0. The number of amides is 1. The van der Waals surface area contributed by atoms with Crippen molar-refractivity contribution in [3.63, 3.8) is 0 Å². The van der Waals surface area contributed by atoms with E-state index < -0.39 is 0 Å². The van der Waals surface area contributed by atoms with Crippen LogP contribution in [0.1, 0.15) is 25.7 Å². The van der Waals surface area contributed by atoms with E-state index in [1.807, 2.05) is 24.3 Å². The molecule has 0 radical (unpaired) electrons. The smallest absolute Gasteiger partial charge is 0.263 e. The van der Waals surface area contributed by atoms with Gasteiger partial charge in [-0.1, -0.05) is 12.8 Å². The Kier molecular flexibility index (Phi) is 4.05. The lowest BCUT2D eigenvalue weighted by Gasteiger charge is -2.11. The van der Waals surface area contributed by atoms with Crippen molar-refractivity contribution < 1.29 is 4.79 Å². The molecule has 1 amide bonds. The predicted octanol–water partition coefficient (Wildman–Crippen LogP) is 2.44. The summed E-state index contributed by atoms with van der Waals surface area (Å²) in [6.07, 6.45) is 7.34. The number of carbonyl (C=O) groups is 1. The highest BCUT2D eigenvalue weighted by molar-refractivity contribution is 5.97. The van der Waals surface area contributed by atoms with Gasteiger partial charge in [-0.15, -0.1) is 0 Å². The van der Waals surface area contributed by atoms with Crippen LogP contribution >= 0.6 is 0 Å². The van der Waals surface area contributed by atoms with Crippen molar-refractivity contribution in [3.05, 3.63) is 36.3 Å². The molecule has 112 valence electrons. The molecule has 1 saturated carbocycles. The number of aromatic amines is 1. The highest BCUT2D eigenvalue weighted by atomic mass is 16.1. The lowest BCUT2D eigenvalue weighted by molar-refractivity contribution is -0.117. The van der Waals surface area contributed by atoms with Gasteiger partial charge in [-0.05, 0) is 31.0 Å². The second kappa shape index (κ2) is 6.31. The van der Waals surface area contributed by atoms with E-state index in [0.717, 1.165) is 42.4 Å². The number of imidazole rings is 1. The van der Waals surface area contributed by atoms with E-state index in [1.165, 1.54) is 6.20 Å². The topological polar surface area (TPSA) is 93.6 Å². The fourth-order valence-electron chi connectivity index (χ4n) is 2.66. The fraction of sp³-hybridized carbons (Fsp3) is 0.312. The average Bonchev–Trinajstić information content (AvgIpc) is 3.18. The Labute approximate surface area is 128 Å². The molecule has 6 heteroatoms. The summed E-state index contributed by atoms with van der Waals surface area (Å²) in [5.74, 6) is -0.315. The van der Waals surface area contributed by atoms with Crippen LogP contribution in [-0.2, 0) is 4.79 Å². The van der Waals surface area contributed by atoms with Gasteiger partial charge in [-0.25, -0.2) is 4.98 Å². The predicted molar refractivity (Wildman–Crippen MR) is 83.8 cm³/mol. The van der Waals surface area contributed by atoms with Gasteiger partial charge in [0.2, 0.25) is 0 Å². The van der Waals surface area contributed by atoms with Crippen LogP contribution in [0.5, 0.6) is 0 Å². The molecule has 22 heavy (non-hydrogen) atoms. The number of rotatable bonds is 4. The van der Waals surface area contributed by atoms with Crippen LogP contribution < -0.4 is 10.6 Å². The van der Waals surface area contributed by atoms with E-state index in [1.54, 1.807) is 6.33 Å². The largest absolute Gasteiger partial charge is 0.360 e. The first-order valence-corrected chi connectivity index (χ1v) is 7.37. The summed E-state index contributed by atoms with van der Waals surface area (Å²) in [5, 5.41) is 15.0. The van der Waals surface area contributed by atoms with E-state index in [-0.39, 0.29) is 17.5 Å². The number of nitriles is 1. The Morgan fingerprint density at radius 1 is 1.41 bits per heavy atom. The molecular formula is C16H17N5O. The minimum absolute atomic E-state index is 0.0802. The number of benzene rings is 1. The van der Waals surface area contributed by atoms with Gasteiger partial charge in [-0.2, -0.15) is 5.26 Å². The van der Waals surface area contributed by atoms with Crippen molar-refractivity contribution >= 4 is 22.6 Å². The SMILES string of the molecule is N#C/C(=C/Nc1ccc2nc[nH]c2c1)C(=O)NC1CCCC1. The molecule has 1 aromatic heterocycles. The molecular weight excluding hydrogens is 278 g/mol. The third kappa shape index (κ3) is 3.09. The molecule has 0 aliphatic heterocycles. The van der Waals surface area contributed by atoms with Crippen LogP contribution in [0.15, 0.2) is 36.3 Å². The molecule has 1 heterocycles. The van der Waals surface area contributed by atoms with Crippen molar-refractivity contribution in [2.45, 2.75) is 31.7 Å². The minimum atomic E-state index is -0.315. The van der Waals surface area contributed by atoms with Crippen molar-refractivity contribution in [1.82, 2.24) is 15.3 Å². The summed E-state index contributed by atoms with van der Waals surface area (Å²) in [5.41, 5.74) is 2.64. The Bertz CT molecular complexity index is 749. The number of hydrogen-bond donors (Lipinski definition) is 3. The number of hydrogen-bond acceptors (Lipinski definition) is 4. The molecule has 0 atom stereocenters.